The number of hydrogen-bond donors (Lipinski definition) is 2. The molecule has 0 bridgehead atoms. The number of carbonyl (C=O) groups excluding carboxylic acids is 1. The van der Waals surface area contributed by atoms with Gasteiger partial charge in [-0.15, -0.1) is 0 Å². The molecule has 54 valence electrons. The first-order valence-corrected chi connectivity index (χ1v) is 4.70. The van der Waals surface area contributed by atoms with Crippen LogP contribution in [-0.2, 0) is 9.22 Å². The Morgan fingerprint density at radius 3 is 2.11 bits per heavy atom. The maximum atomic E-state index is 10.2. The number of aliphatic hydroxyl groups excluding tert-OH is 2. The summed E-state index contributed by atoms with van der Waals surface area (Å²) in [7, 11) is -1.99. The third kappa shape index (κ3) is 4.13. The summed E-state index contributed by atoms with van der Waals surface area (Å²) in [5.41, 5.74) is 0. The zero-order chi connectivity index (χ0) is 7.28. The van der Waals surface area contributed by atoms with E-state index in [1.54, 1.807) is 0 Å². The first-order valence-electron chi connectivity index (χ1n) is 2.59. The van der Waals surface area contributed by atoms with Crippen LogP contribution in [0.25, 0.3) is 0 Å². The molecule has 0 aliphatic carbocycles. The Balaban J connectivity index is 3.43. The first-order chi connectivity index (χ1) is 4.20. The van der Waals surface area contributed by atoms with Crippen molar-refractivity contribution in [2.45, 2.75) is 6.92 Å². The molecule has 0 aromatic rings. The summed E-state index contributed by atoms with van der Waals surface area (Å²) >= 11 is 0. The highest BCUT2D eigenvalue weighted by Gasteiger charge is 2.10. The molecule has 2 N–H and O–H groups in total. The highest BCUT2D eigenvalue weighted by atomic mass is 28.3. The van der Waals surface area contributed by atoms with Crippen LogP contribution in [0.4, 0.5) is 0 Å². The summed E-state index contributed by atoms with van der Waals surface area (Å²) in [5.74, 6) is -0.435. The normalized spacial score (nSPS) is 9.78. The molecule has 0 aliphatic heterocycles. The maximum absolute atomic E-state index is 10.2. The summed E-state index contributed by atoms with van der Waals surface area (Å²) < 4.78 is 4.55. The molecule has 0 heterocycles. The number of hydrogen-bond acceptors (Lipinski definition) is 4. The molecule has 0 aromatic heterocycles. The quantitative estimate of drug-likeness (QED) is 0.472. The lowest BCUT2D eigenvalue weighted by Crippen LogP contribution is -2.30. The van der Waals surface area contributed by atoms with E-state index in [0.29, 0.717) is 0 Å². The number of carbonyl (C=O) groups is 1. The molecule has 0 radical (unpaired) electrons. The zero-order valence-corrected chi connectivity index (χ0v) is 6.36. The van der Waals surface area contributed by atoms with Crippen LogP contribution in [0, 0.1) is 0 Å². The number of aliphatic hydroxyl groups is 2. The van der Waals surface area contributed by atoms with Crippen molar-refractivity contribution < 1.29 is 19.4 Å². The molecule has 5 heteroatoms. The summed E-state index contributed by atoms with van der Waals surface area (Å²) in [6, 6.07) is 0. The van der Waals surface area contributed by atoms with Crippen molar-refractivity contribution in [1.82, 2.24) is 0 Å². The molecular weight excluding hydrogens is 140 g/mol. The van der Waals surface area contributed by atoms with Gasteiger partial charge in [0.15, 0.2) is 0 Å². The summed E-state index contributed by atoms with van der Waals surface area (Å²) in [6.45, 7) is 1.26. The van der Waals surface area contributed by atoms with E-state index in [0.717, 1.165) is 0 Å². The average molecular weight is 150 g/mol. The van der Waals surface area contributed by atoms with E-state index in [4.69, 9.17) is 10.2 Å². The Morgan fingerprint density at radius 2 is 2.00 bits per heavy atom. The van der Waals surface area contributed by atoms with E-state index in [2.05, 4.69) is 4.43 Å². The smallest absolute Gasteiger partial charge is 0.289 e. The van der Waals surface area contributed by atoms with Gasteiger partial charge in [0.2, 0.25) is 0 Å². The number of rotatable bonds is 3. The highest BCUT2D eigenvalue weighted by molar-refractivity contribution is 6.53. The summed E-state index contributed by atoms with van der Waals surface area (Å²) in [6.07, 6.45) is -0.397. The Morgan fingerprint density at radius 1 is 1.56 bits per heavy atom. The predicted octanol–water partition coefficient (Wildman–Crippen LogP) is -1.66. The van der Waals surface area contributed by atoms with Gasteiger partial charge < -0.3 is 14.6 Å². The van der Waals surface area contributed by atoms with Gasteiger partial charge in [-0.25, -0.2) is 0 Å². The minimum Gasteiger partial charge on any atom is -0.518 e. The first kappa shape index (κ1) is 8.61. The largest absolute Gasteiger partial charge is 0.518 e. The van der Waals surface area contributed by atoms with Crippen LogP contribution in [0.2, 0.25) is 0 Å². The third-order valence-corrected chi connectivity index (χ3v) is 2.22. The molecule has 0 spiro atoms. The van der Waals surface area contributed by atoms with Gasteiger partial charge in [-0.3, -0.25) is 4.79 Å². The van der Waals surface area contributed by atoms with E-state index in [1.807, 2.05) is 0 Å². The summed E-state index contributed by atoms with van der Waals surface area (Å²) in [5, 5.41) is 16.8. The highest BCUT2D eigenvalue weighted by Crippen LogP contribution is 1.83. The fourth-order valence-corrected chi connectivity index (χ4v) is 1.10. The lowest BCUT2D eigenvalue weighted by Gasteiger charge is -2.07. The van der Waals surface area contributed by atoms with Gasteiger partial charge in [-0.2, -0.15) is 0 Å². The van der Waals surface area contributed by atoms with Gasteiger partial charge in [-0.1, -0.05) is 0 Å². The average Bonchev–Trinajstić information content (AvgIpc) is 1.82. The van der Waals surface area contributed by atoms with Crippen molar-refractivity contribution >= 4 is 15.0 Å². The lowest BCUT2D eigenvalue weighted by molar-refractivity contribution is -0.132. The van der Waals surface area contributed by atoms with Crippen LogP contribution in [-0.4, -0.2) is 37.7 Å². The van der Waals surface area contributed by atoms with Crippen molar-refractivity contribution in [3.05, 3.63) is 0 Å². The maximum Gasteiger partial charge on any atom is 0.289 e. The molecule has 9 heavy (non-hydrogen) atoms. The van der Waals surface area contributed by atoms with Crippen LogP contribution >= 0.6 is 0 Å². The van der Waals surface area contributed by atoms with Gasteiger partial charge in [-0.05, 0) is 0 Å². The minimum absolute atomic E-state index is 0.198. The van der Waals surface area contributed by atoms with E-state index >= 15 is 0 Å². The van der Waals surface area contributed by atoms with Crippen molar-refractivity contribution in [3.63, 3.8) is 0 Å². The van der Waals surface area contributed by atoms with Gasteiger partial charge in [0.1, 0.15) is 0 Å². The van der Waals surface area contributed by atoms with Gasteiger partial charge in [0.05, 0.1) is 12.5 Å². The molecule has 0 saturated heterocycles. The molecule has 0 aliphatic rings. The van der Waals surface area contributed by atoms with Gasteiger partial charge in [0.25, 0.3) is 15.0 Å². The lowest BCUT2D eigenvalue weighted by atomic mass is 10.9. The summed E-state index contributed by atoms with van der Waals surface area (Å²) in [4.78, 5) is 10.2. The minimum atomic E-state index is -1.99. The molecule has 0 fully saturated rings. The second kappa shape index (κ2) is 4.48. The zero-order valence-electron chi connectivity index (χ0n) is 5.20. The molecule has 4 nitrogen and oxygen atoms in total. The van der Waals surface area contributed by atoms with Gasteiger partial charge in [0, 0.05) is 6.92 Å². The Hall–Kier alpha value is -0.393. The molecule has 0 amide bonds. The Labute approximate surface area is 54.8 Å². The van der Waals surface area contributed by atoms with Crippen LogP contribution in [0.5, 0.6) is 0 Å². The topological polar surface area (TPSA) is 66.8 Å². The van der Waals surface area contributed by atoms with Gasteiger partial charge >= 0.3 is 0 Å². The van der Waals surface area contributed by atoms with Crippen molar-refractivity contribution in [2.24, 2.45) is 0 Å². The van der Waals surface area contributed by atoms with Crippen LogP contribution in [0.3, 0.4) is 0 Å². The van der Waals surface area contributed by atoms with Crippen molar-refractivity contribution in [1.29, 1.82) is 0 Å². The van der Waals surface area contributed by atoms with Crippen molar-refractivity contribution in [3.8, 4) is 0 Å². The molecule has 0 atom stereocenters. The van der Waals surface area contributed by atoms with Crippen LogP contribution < -0.4 is 0 Å². The second-order valence-corrected chi connectivity index (χ2v) is 3.81. The Kier molecular flexibility index (Phi) is 4.29. The van der Waals surface area contributed by atoms with E-state index in [1.165, 1.54) is 6.92 Å². The standard InChI is InChI=1S/C4H10O4Si/c1-4(7)8-9(2-5)3-6/h5-6,9H,2-3H2,1H3. The molecule has 0 aromatic carbocycles. The van der Waals surface area contributed by atoms with E-state index in [-0.39, 0.29) is 12.5 Å². The molecule has 0 unspecified atom stereocenters. The van der Waals surface area contributed by atoms with Crippen LogP contribution in [0.1, 0.15) is 6.92 Å². The van der Waals surface area contributed by atoms with E-state index in [9.17, 15) is 4.79 Å². The molecule has 0 rings (SSSR count). The second-order valence-electron chi connectivity index (χ2n) is 1.60. The predicted molar refractivity (Wildman–Crippen MR) is 33.1 cm³/mol. The fraction of sp³-hybridized carbons (Fsp3) is 0.750. The molecular formula is C4H10O4Si. The fourth-order valence-electron chi connectivity index (χ4n) is 0.367. The SMILES string of the molecule is CC(=O)O[SiH](CO)CO. The Bertz CT molecular complexity index is 90.6. The van der Waals surface area contributed by atoms with Crippen molar-refractivity contribution in [2.75, 3.05) is 12.5 Å². The molecule has 0 saturated carbocycles. The van der Waals surface area contributed by atoms with E-state index < -0.39 is 15.0 Å². The third-order valence-electron chi connectivity index (χ3n) is 0.740. The monoisotopic (exact) mass is 150 g/mol. The van der Waals surface area contributed by atoms with Crippen LogP contribution in [0.15, 0.2) is 0 Å².